The van der Waals surface area contributed by atoms with E-state index in [1.54, 1.807) is 14.1 Å². The van der Waals surface area contributed by atoms with Crippen LogP contribution in [-0.4, -0.2) is 133 Å². The van der Waals surface area contributed by atoms with E-state index in [4.69, 9.17) is 0 Å². The summed E-state index contributed by atoms with van der Waals surface area (Å²) in [5.74, 6) is 0.415. The second-order valence-corrected chi connectivity index (χ2v) is 21.6. The van der Waals surface area contributed by atoms with Gasteiger partial charge < -0.3 is 31.1 Å². The highest BCUT2D eigenvalue weighted by atomic mass is 16.2. The Morgan fingerprint density at radius 2 is 0.941 bits per heavy atom. The average molecular weight is 935 g/mol. The predicted molar refractivity (Wildman–Crippen MR) is 271 cm³/mol. The van der Waals surface area contributed by atoms with Crippen LogP contribution >= 0.6 is 0 Å². The number of fused-ring (bicyclic) bond motifs is 2. The molecule has 4 N–H and O–H groups in total. The number of carbonyl (C=O) groups excluding carboxylic acids is 4. The molecule has 12 heteroatoms. The normalized spacial score (nSPS) is 25.0. The Hall–Kier alpha value is -3.84. The Bertz CT molecular complexity index is 1840. The Morgan fingerprint density at radius 3 is 1.34 bits per heavy atom. The number of aryl methyl sites for hydroxylation is 2. The summed E-state index contributed by atoms with van der Waals surface area (Å²) in [6.45, 7) is 8.83. The fourth-order valence-electron chi connectivity index (χ4n) is 13.3. The van der Waals surface area contributed by atoms with Crippen LogP contribution in [0.4, 0.5) is 0 Å². The summed E-state index contributed by atoms with van der Waals surface area (Å²) < 4.78 is 0. The van der Waals surface area contributed by atoms with E-state index >= 15 is 0 Å². The fourth-order valence-corrected chi connectivity index (χ4v) is 13.3. The van der Waals surface area contributed by atoms with Crippen molar-refractivity contribution in [3.05, 3.63) is 70.8 Å². The lowest BCUT2D eigenvalue weighted by molar-refractivity contribution is -0.140. The summed E-state index contributed by atoms with van der Waals surface area (Å²) in [6.07, 6.45) is 21.2. The van der Waals surface area contributed by atoms with E-state index in [0.29, 0.717) is 12.1 Å². The van der Waals surface area contributed by atoms with E-state index in [-0.39, 0.29) is 59.6 Å². The van der Waals surface area contributed by atoms with Crippen molar-refractivity contribution >= 4 is 23.6 Å². The molecule has 2 aromatic rings. The molecule has 4 fully saturated rings. The van der Waals surface area contributed by atoms with Crippen molar-refractivity contribution in [3.8, 4) is 0 Å². The van der Waals surface area contributed by atoms with Gasteiger partial charge in [0.1, 0.15) is 12.1 Å². The molecule has 2 aromatic carbocycles. The molecular weight excluding hydrogens is 849 g/mol. The number of likely N-dealkylation sites (N-methyl/N-ethyl adjacent to an activating group) is 2. The van der Waals surface area contributed by atoms with E-state index in [9.17, 15) is 19.2 Å². The smallest absolute Gasteiger partial charge is 0.245 e. The standard InChI is InChI=1S/C56H86N8O4/c1-39(57-3)53(65)59-51(43-21-7-5-8-22-43)55(67)63-35-17-25-45(63)37-61(49-31-29-41-19-11-13-27-47(41)49)33-15-16-34-62(50-32-30-42-20-12-14-28-48(42)50)38-46-26-18-36-64(46)56(68)52(44-23-9-6-10-24-44)60-54(66)40(2)58-4/h11-14,19-20,27-28,39-40,43-46,49-52,57-58H,5-10,15-18,21-26,29-38H2,1-4H3,(H,59,65)(H,60,66)/t39-,40-,45-,46-,49?,50?,51?,52?/m0/s1. The van der Waals surface area contributed by atoms with Crippen molar-refractivity contribution in [1.29, 1.82) is 0 Å². The maximum atomic E-state index is 14.8. The third-order valence-electron chi connectivity index (χ3n) is 17.5. The molecule has 2 saturated carbocycles. The van der Waals surface area contributed by atoms with Gasteiger partial charge in [0.05, 0.1) is 12.1 Å². The first-order chi connectivity index (χ1) is 33.1. The maximum Gasteiger partial charge on any atom is 0.245 e. The van der Waals surface area contributed by atoms with Crippen molar-refractivity contribution in [2.45, 2.75) is 191 Å². The van der Waals surface area contributed by atoms with Crippen molar-refractivity contribution in [1.82, 2.24) is 40.9 Å². The zero-order chi connectivity index (χ0) is 47.6. The molecular formula is C56H86N8O4. The molecule has 68 heavy (non-hydrogen) atoms. The van der Waals surface area contributed by atoms with Crippen LogP contribution in [0.5, 0.6) is 0 Å². The molecule has 0 spiro atoms. The van der Waals surface area contributed by atoms with Gasteiger partial charge in [-0.15, -0.1) is 0 Å². The minimum absolute atomic E-state index is 0.0919. The highest BCUT2D eigenvalue weighted by Gasteiger charge is 2.42. The van der Waals surface area contributed by atoms with Crippen molar-refractivity contribution in [2.24, 2.45) is 11.8 Å². The summed E-state index contributed by atoms with van der Waals surface area (Å²) in [6, 6.07) is 17.2. The molecule has 8 rings (SSSR count). The quantitative estimate of drug-likeness (QED) is 0.0980. The highest BCUT2D eigenvalue weighted by molar-refractivity contribution is 5.91. The minimum atomic E-state index is -0.475. The van der Waals surface area contributed by atoms with Crippen LogP contribution < -0.4 is 21.3 Å². The molecule has 2 aliphatic heterocycles. The third kappa shape index (κ3) is 12.0. The van der Waals surface area contributed by atoms with Gasteiger partial charge in [-0.2, -0.15) is 0 Å². The van der Waals surface area contributed by atoms with Gasteiger partial charge in [-0.25, -0.2) is 0 Å². The lowest BCUT2D eigenvalue weighted by Gasteiger charge is -2.39. The largest absolute Gasteiger partial charge is 0.343 e. The van der Waals surface area contributed by atoms with E-state index in [1.165, 1.54) is 35.1 Å². The minimum Gasteiger partial charge on any atom is -0.343 e. The van der Waals surface area contributed by atoms with Crippen LogP contribution in [0.3, 0.4) is 0 Å². The summed E-state index contributed by atoms with van der Waals surface area (Å²) >= 11 is 0. The number of benzene rings is 2. The van der Waals surface area contributed by atoms with Crippen molar-refractivity contribution < 1.29 is 19.2 Å². The van der Waals surface area contributed by atoms with Crippen LogP contribution in [-0.2, 0) is 32.0 Å². The first-order valence-corrected chi connectivity index (χ1v) is 27.3. The van der Waals surface area contributed by atoms with Gasteiger partial charge in [0, 0.05) is 50.3 Å². The summed E-state index contributed by atoms with van der Waals surface area (Å²) in [5, 5.41) is 12.7. The lowest BCUT2D eigenvalue weighted by atomic mass is 9.83. The number of carbonyl (C=O) groups is 4. The zero-order valence-electron chi connectivity index (χ0n) is 42.2. The summed E-state index contributed by atoms with van der Waals surface area (Å²) in [4.78, 5) is 66.0. The topological polar surface area (TPSA) is 129 Å². The van der Waals surface area contributed by atoms with Gasteiger partial charge in [-0.3, -0.25) is 29.0 Å². The molecule has 4 amide bonds. The van der Waals surface area contributed by atoms with Crippen LogP contribution in [0, 0.1) is 11.8 Å². The molecule has 4 unspecified atom stereocenters. The molecule has 4 aliphatic carbocycles. The molecule has 0 radical (unpaired) electrons. The highest BCUT2D eigenvalue weighted by Crippen LogP contribution is 2.40. The molecule has 2 heterocycles. The average Bonchev–Trinajstić information content (AvgIpc) is 4.22. The Balaban J connectivity index is 0.979. The molecule has 374 valence electrons. The number of hydrogen-bond donors (Lipinski definition) is 4. The summed E-state index contributed by atoms with van der Waals surface area (Å²) in [5.41, 5.74) is 5.78. The lowest BCUT2D eigenvalue weighted by Crippen LogP contribution is -2.57. The molecule has 2 saturated heterocycles. The second kappa shape index (κ2) is 24.3. The van der Waals surface area contributed by atoms with E-state index in [0.717, 1.165) is 155 Å². The Morgan fingerprint density at radius 1 is 0.544 bits per heavy atom. The summed E-state index contributed by atoms with van der Waals surface area (Å²) in [7, 11) is 3.60. The number of unbranched alkanes of at least 4 members (excludes halogenated alkanes) is 1. The number of amides is 4. The van der Waals surface area contributed by atoms with Gasteiger partial charge >= 0.3 is 0 Å². The maximum absolute atomic E-state index is 14.8. The van der Waals surface area contributed by atoms with Crippen molar-refractivity contribution in [3.63, 3.8) is 0 Å². The SMILES string of the molecule is CN[C@@H](C)C(=O)NC(C(=O)N1CCC[C@H]1CN(CCCCN(C[C@@H]1CCCN1C(=O)C(NC(=O)[C@H](C)NC)C1CCCCC1)C1CCc2ccccc21)C1CCc2ccccc21)C1CCCCC1. The Kier molecular flexibility index (Phi) is 18.1. The van der Waals surface area contributed by atoms with Crippen LogP contribution in [0.2, 0.25) is 0 Å². The molecule has 12 nitrogen and oxygen atoms in total. The first-order valence-electron chi connectivity index (χ1n) is 27.3. The second-order valence-electron chi connectivity index (χ2n) is 21.6. The van der Waals surface area contributed by atoms with E-state index in [1.807, 2.05) is 13.8 Å². The third-order valence-corrected chi connectivity index (χ3v) is 17.5. The van der Waals surface area contributed by atoms with Crippen LogP contribution in [0.15, 0.2) is 48.5 Å². The molecule has 0 bridgehead atoms. The van der Waals surface area contributed by atoms with Gasteiger partial charge in [-0.05, 0) is 165 Å². The van der Waals surface area contributed by atoms with E-state index in [2.05, 4.69) is 89.4 Å². The number of rotatable bonds is 21. The van der Waals surface area contributed by atoms with Crippen molar-refractivity contribution in [2.75, 3.05) is 53.4 Å². The Labute approximate surface area is 408 Å². The number of likely N-dealkylation sites (tertiary alicyclic amines) is 2. The number of nitrogens with one attached hydrogen (secondary N) is 4. The van der Waals surface area contributed by atoms with Gasteiger partial charge in [0.2, 0.25) is 23.6 Å². The number of hydrogen-bond acceptors (Lipinski definition) is 8. The van der Waals surface area contributed by atoms with Gasteiger partial charge in [0.15, 0.2) is 0 Å². The first kappa shape index (κ1) is 50.5. The predicted octanol–water partition coefficient (Wildman–Crippen LogP) is 7.07. The monoisotopic (exact) mass is 935 g/mol. The zero-order valence-corrected chi connectivity index (χ0v) is 42.2. The van der Waals surface area contributed by atoms with Gasteiger partial charge in [0.25, 0.3) is 0 Å². The van der Waals surface area contributed by atoms with Crippen LogP contribution in [0.25, 0.3) is 0 Å². The van der Waals surface area contributed by atoms with Crippen LogP contribution in [0.1, 0.15) is 164 Å². The van der Waals surface area contributed by atoms with E-state index < -0.39 is 12.1 Å². The van der Waals surface area contributed by atoms with Gasteiger partial charge in [-0.1, -0.05) is 87.1 Å². The molecule has 8 atom stereocenters. The molecule has 6 aliphatic rings. The number of nitrogens with zero attached hydrogens (tertiary/aromatic N) is 4. The fraction of sp³-hybridized carbons (Fsp3) is 0.714. The molecule has 0 aromatic heterocycles.